The average Bonchev–Trinajstić information content (AvgIpc) is 2.70. The first kappa shape index (κ1) is 12.0. The Morgan fingerprint density at radius 2 is 1.84 bits per heavy atom. The zero-order valence-corrected chi connectivity index (χ0v) is 10.4. The van der Waals surface area contributed by atoms with Gasteiger partial charge in [0.25, 0.3) is 0 Å². The quantitative estimate of drug-likeness (QED) is 0.351. The van der Waals surface area contributed by atoms with E-state index < -0.39 is 10.4 Å². The van der Waals surface area contributed by atoms with Gasteiger partial charge in [-0.15, -0.1) is 4.48 Å². The highest BCUT2D eigenvalue weighted by atomic mass is 16.2. The van der Waals surface area contributed by atoms with Crippen molar-refractivity contribution in [3.8, 4) is 0 Å². The van der Waals surface area contributed by atoms with Gasteiger partial charge in [-0.25, -0.2) is 14.4 Å². The first-order valence-corrected chi connectivity index (χ1v) is 6.38. The third kappa shape index (κ3) is 1.47. The molecule has 96 valence electrons. The Bertz CT molecular complexity index is 578. The van der Waals surface area contributed by atoms with Gasteiger partial charge in [-0.1, -0.05) is 30.4 Å². The number of quaternary nitrogens is 1. The molecule has 0 N–H and O–H groups in total. The van der Waals surface area contributed by atoms with E-state index in [1.165, 1.54) is 0 Å². The summed E-state index contributed by atoms with van der Waals surface area (Å²) in [6, 6.07) is 8.58. The van der Waals surface area contributed by atoms with Crippen LogP contribution in [0.4, 0.5) is 5.69 Å². The van der Waals surface area contributed by atoms with Gasteiger partial charge in [0.1, 0.15) is 5.92 Å². The van der Waals surface area contributed by atoms with Gasteiger partial charge in [0.05, 0.1) is 5.92 Å². The molecular weight excluding hydrogens is 242 g/mol. The number of fused-ring (bicyclic) bond motifs is 1. The summed E-state index contributed by atoms with van der Waals surface area (Å²) in [6.45, 7) is 0. The van der Waals surface area contributed by atoms with Crippen LogP contribution >= 0.6 is 0 Å². The van der Waals surface area contributed by atoms with Crippen LogP contribution in [0.3, 0.4) is 0 Å². The third-order valence-corrected chi connectivity index (χ3v) is 4.04. The molecule has 3 amide bonds. The summed E-state index contributed by atoms with van der Waals surface area (Å²) in [5.74, 6) is -1.43. The van der Waals surface area contributed by atoms with Gasteiger partial charge in [0.15, 0.2) is 5.69 Å². The van der Waals surface area contributed by atoms with Crippen molar-refractivity contribution < 1.29 is 14.4 Å². The van der Waals surface area contributed by atoms with Crippen LogP contribution in [0.2, 0.25) is 0 Å². The highest BCUT2D eigenvalue weighted by Gasteiger charge is 2.63. The van der Waals surface area contributed by atoms with E-state index in [-0.39, 0.29) is 17.7 Å². The molecule has 0 saturated carbocycles. The molecule has 1 aromatic rings. The molecule has 3 atom stereocenters. The Morgan fingerprint density at radius 3 is 2.47 bits per heavy atom. The number of hydrogen-bond donors (Lipinski definition) is 0. The van der Waals surface area contributed by atoms with E-state index >= 15 is 0 Å². The second-order valence-electron chi connectivity index (χ2n) is 4.98. The van der Waals surface area contributed by atoms with Crippen LogP contribution in [0.15, 0.2) is 42.5 Å². The molecule has 2 aliphatic rings. The monoisotopic (exact) mass is 256 g/mol. The molecule has 1 aromatic carbocycles. The summed E-state index contributed by atoms with van der Waals surface area (Å²) in [5, 5.41) is 0. The van der Waals surface area contributed by atoms with Crippen molar-refractivity contribution in [3.63, 3.8) is 0 Å². The zero-order valence-electron chi connectivity index (χ0n) is 10.4. The van der Waals surface area contributed by atoms with Crippen LogP contribution in [0.1, 0.15) is 12.8 Å². The number of benzene rings is 1. The van der Waals surface area contributed by atoms with E-state index in [0.29, 0.717) is 18.5 Å². The molecule has 1 aliphatic carbocycles. The maximum absolute atomic E-state index is 12.6. The predicted octanol–water partition coefficient (Wildman–Crippen LogP) is 1.80. The van der Waals surface area contributed by atoms with Crippen LogP contribution in [0.5, 0.6) is 0 Å². The lowest BCUT2D eigenvalue weighted by Crippen LogP contribution is -2.53. The molecule has 3 unspecified atom stereocenters. The zero-order chi connectivity index (χ0) is 13.5. The Hall–Kier alpha value is -2.07. The van der Waals surface area contributed by atoms with Crippen molar-refractivity contribution in [1.29, 1.82) is 0 Å². The fourth-order valence-corrected chi connectivity index (χ4v) is 3.05. The van der Waals surface area contributed by atoms with Crippen LogP contribution in [0, 0.1) is 11.8 Å². The number of nitrogens with zero attached hydrogens (tertiary/aromatic N) is 1. The highest BCUT2D eigenvalue weighted by Crippen LogP contribution is 2.41. The smallest absolute Gasteiger partial charge is 0.232 e. The van der Waals surface area contributed by atoms with Crippen molar-refractivity contribution in [2.75, 3.05) is 0 Å². The molecule has 1 heterocycles. The standard InChI is InChI=1S/C15H14NO3/c17-10-16(11-6-2-1-3-7-11)14(18)12-8-4-5-9-13(12)15(16)19/h1-4,6-8,10,12-13H,5,9H2/q+1. The van der Waals surface area contributed by atoms with Crippen molar-refractivity contribution in [1.82, 2.24) is 4.48 Å². The van der Waals surface area contributed by atoms with Crippen molar-refractivity contribution in [2.24, 2.45) is 11.8 Å². The number of amides is 3. The lowest BCUT2D eigenvalue weighted by molar-refractivity contribution is -0.143. The molecule has 1 fully saturated rings. The lowest BCUT2D eigenvalue weighted by Gasteiger charge is -2.20. The fourth-order valence-electron chi connectivity index (χ4n) is 3.05. The van der Waals surface area contributed by atoms with Gasteiger partial charge in [-0.05, 0) is 12.8 Å². The van der Waals surface area contributed by atoms with Crippen LogP contribution in [0.25, 0.3) is 0 Å². The molecule has 4 nitrogen and oxygen atoms in total. The Morgan fingerprint density at radius 1 is 1.11 bits per heavy atom. The van der Waals surface area contributed by atoms with Crippen LogP contribution < -0.4 is 4.48 Å². The maximum Gasteiger partial charge on any atom is 0.341 e. The van der Waals surface area contributed by atoms with Crippen molar-refractivity contribution in [3.05, 3.63) is 42.5 Å². The van der Waals surface area contributed by atoms with Gasteiger partial charge in [-0.2, -0.15) is 0 Å². The average molecular weight is 256 g/mol. The fraction of sp³-hybridized carbons (Fsp3) is 0.267. The third-order valence-electron chi connectivity index (χ3n) is 4.04. The molecule has 0 bridgehead atoms. The van der Waals surface area contributed by atoms with Gasteiger partial charge >= 0.3 is 18.2 Å². The summed E-state index contributed by atoms with van der Waals surface area (Å²) in [5.41, 5.74) is 0.440. The number of allylic oxidation sites excluding steroid dienone is 1. The van der Waals surface area contributed by atoms with Gasteiger partial charge in [-0.3, -0.25) is 0 Å². The molecule has 3 rings (SSSR count). The van der Waals surface area contributed by atoms with Gasteiger partial charge in [0.2, 0.25) is 0 Å². The molecule has 1 aliphatic heterocycles. The van der Waals surface area contributed by atoms with E-state index in [1.807, 2.05) is 6.08 Å². The lowest BCUT2D eigenvalue weighted by atomic mass is 9.86. The molecule has 0 spiro atoms. The summed E-state index contributed by atoms with van der Waals surface area (Å²) in [6.07, 6.45) is 5.61. The minimum atomic E-state index is -0.791. The number of rotatable bonds is 2. The van der Waals surface area contributed by atoms with E-state index in [0.717, 1.165) is 6.42 Å². The van der Waals surface area contributed by atoms with E-state index in [9.17, 15) is 14.4 Å². The Labute approximate surface area is 110 Å². The van der Waals surface area contributed by atoms with Crippen LogP contribution in [-0.4, -0.2) is 18.2 Å². The number of para-hydroxylation sites is 1. The van der Waals surface area contributed by atoms with E-state index in [1.54, 1.807) is 36.4 Å². The normalized spacial score (nSPS) is 33.3. The number of carbonyl (C=O) groups is 3. The minimum Gasteiger partial charge on any atom is -0.232 e. The Kier molecular flexibility index (Phi) is 2.68. The summed E-state index contributed by atoms with van der Waals surface area (Å²) in [4.78, 5) is 36.8. The summed E-state index contributed by atoms with van der Waals surface area (Å²) in [7, 11) is 0. The second kappa shape index (κ2) is 4.24. The number of hydrogen-bond acceptors (Lipinski definition) is 3. The van der Waals surface area contributed by atoms with E-state index in [4.69, 9.17) is 0 Å². The first-order chi connectivity index (χ1) is 9.21. The number of imide groups is 3. The molecule has 0 aromatic heterocycles. The van der Waals surface area contributed by atoms with Gasteiger partial charge < -0.3 is 0 Å². The topological polar surface area (TPSA) is 51.2 Å². The SMILES string of the molecule is O=C[N+]1(c2ccccc2)C(=O)C2C=CCCC2C1=O. The first-order valence-electron chi connectivity index (χ1n) is 6.38. The summed E-state index contributed by atoms with van der Waals surface area (Å²) >= 11 is 0. The molecule has 4 heteroatoms. The van der Waals surface area contributed by atoms with Crippen molar-refractivity contribution in [2.45, 2.75) is 12.8 Å². The number of carbonyl (C=O) groups excluding carboxylic acids is 3. The largest absolute Gasteiger partial charge is 0.341 e. The minimum absolute atomic E-state index is 0.291. The molecular formula is C15H14NO3+. The van der Waals surface area contributed by atoms with E-state index in [2.05, 4.69) is 0 Å². The Balaban J connectivity index is 2.17. The maximum atomic E-state index is 12.6. The van der Waals surface area contributed by atoms with Crippen molar-refractivity contribution >= 4 is 23.9 Å². The number of likely N-dealkylation sites (tertiary alicyclic amines) is 1. The second-order valence-corrected chi connectivity index (χ2v) is 4.98. The van der Waals surface area contributed by atoms with Crippen LogP contribution in [-0.2, 0) is 14.4 Å². The highest BCUT2D eigenvalue weighted by molar-refractivity contribution is 6.25. The molecule has 19 heavy (non-hydrogen) atoms. The van der Waals surface area contributed by atoms with Gasteiger partial charge in [0, 0.05) is 12.1 Å². The summed E-state index contributed by atoms with van der Waals surface area (Å²) < 4.78 is -0.791. The molecule has 1 saturated heterocycles. The predicted molar refractivity (Wildman–Crippen MR) is 69.7 cm³/mol. The molecule has 0 radical (unpaired) electrons.